The second kappa shape index (κ2) is 5.97. The fourth-order valence-electron chi connectivity index (χ4n) is 2.20. The first-order chi connectivity index (χ1) is 9.43. The van der Waals surface area contributed by atoms with Crippen molar-refractivity contribution in [2.45, 2.75) is 13.5 Å². The van der Waals surface area contributed by atoms with E-state index in [4.69, 9.17) is 0 Å². The van der Waals surface area contributed by atoms with Gasteiger partial charge in [0.2, 0.25) is 0 Å². The Kier molecular flexibility index (Phi) is 4.50. The molecule has 0 bridgehead atoms. The van der Waals surface area contributed by atoms with Crippen LogP contribution in [0.5, 0.6) is 0 Å². The number of aliphatic hydroxyl groups excluding tert-OH is 1. The summed E-state index contributed by atoms with van der Waals surface area (Å²) < 4.78 is 2.97. The molecule has 0 unspecified atom stereocenters. The fraction of sp³-hybridized carbons (Fsp3) is 0.400. The number of benzene rings is 1. The van der Waals surface area contributed by atoms with Crippen molar-refractivity contribution < 1.29 is 9.90 Å². The van der Waals surface area contributed by atoms with Crippen molar-refractivity contribution in [2.24, 2.45) is 5.92 Å². The van der Waals surface area contributed by atoms with Crippen molar-refractivity contribution >= 4 is 32.7 Å². The van der Waals surface area contributed by atoms with Crippen LogP contribution >= 0.6 is 15.9 Å². The second-order valence-electron chi connectivity index (χ2n) is 5.33. The summed E-state index contributed by atoms with van der Waals surface area (Å²) in [6, 6.07) is 7.87. The molecule has 0 aliphatic carbocycles. The van der Waals surface area contributed by atoms with Gasteiger partial charge in [-0.1, -0.05) is 28.9 Å². The average Bonchev–Trinajstić information content (AvgIpc) is 2.75. The molecule has 0 aliphatic heterocycles. The molecule has 1 amide bonds. The molecule has 2 aromatic rings. The van der Waals surface area contributed by atoms with E-state index in [0.717, 1.165) is 15.4 Å². The number of aliphatic hydroxyl groups is 1. The topological polar surface area (TPSA) is 45.5 Å². The van der Waals surface area contributed by atoms with Gasteiger partial charge in [0, 0.05) is 42.6 Å². The van der Waals surface area contributed by atoms with Gasteiger partial charge in [0.05, 0.1) is 0 Å². The van der Waals surface area contributed by atoms with Crippen LogP contribution in [0, 0.1) is 5.92 Å². The maximum absolute atomic E-state index is 12.3. The molecule has 0 fully saturated rings. The van der Waals surface area contributed by atoms with Gasteiger partial charge in [0.15, 0.2) is 0 Å². The molecule has 0 radical (unpaired) electrons. The summed E-state index contributed by atoms with van der Waals surface area (Å²) in [6.07, 6.45) is 0. The molecule has 1 N–H and O–H groups in total. The van der Waals surface area contributed by atoms with E-state index >= 15 is 0 Å². The number of fused-ring (bicyclic) bond motifs is 1. The Morgan fingerprint density at radius 1 is 1.40 bits per heavy atom. The van der Waals surface area contributed by atoms with Gasteiger partial charge in [-0.25, -0.2) is 0 Å². The van der Waals surface area contributed by atoms with Crippen molar-refractivity contribution in [1.29, 1.82) is 0 Å². The summed E-state index contributed by atoms with van der Waals surface area (Å²) in [7, 11) is 3.49. The van der Waals surface area contributed by atoms with Crippen molar-refractivity contribution in [1.82, 2.24) is 9.47 Å². The first-order valence-electron chi connectivity index (χ1n) is 6.55. The zero-order valence-electron chi connectivity index (χ0n) is 11.9. The van der Waals surface area contributed by atoms with Gasteiger partial charge in [0.1, 0.15) is 5.69 Å². The number of hydrogen-bond acceptors (Lipinski definition) is 2. The predicted octanol–water partition coefficient (Wildman–Crippen LogP) is 2.73. The lowest BCUT2D eigenvalue weighted by atomic mass is 10.2. The predicted molar refractivity (Wildman–Crippen MR) is 83.9 cm³/mol. The van der Waals surface area contributed by atoms with Crippen LogP contribution in [0.4, 0.5) is 0 Å². The number of carbonyl (C=O) groups excluding carboxylic acids is 1. The molecule has 20 heavy (non-hydrogen) atoms. The number of carbonyl (C=O) groups is 1. The Labute approximate surface area is 127 Å². The SMILES string of the molecule is C[C@H](CO)Cn1c(C(=O)N(C)C)cc2ccc(Br)cc21. The summed E-state index contributed by atoms with van der Waals surface area (Å²) in [6.45, 7) is 2.68. The third-order valence-electron chi connectivity index (χ3n) is 3.30. The number of halogens is 1. The van der Waals surface area contributed by atoms with Crippen molar-refractivity contribution in [3.8, 4) is 0 Å². The highest BCUT2D eigenvalue weighted by atomic mass is 79.9. The van der Waals surface area contributed by atoms with Gasteiger partial charge >= 0.3 is 0 Å². The maximum atomic E-state index is 12.3. The Morgan fingerprint density at radius 3 is 2.70 bits per heavy atom. The Bertz CT molecular complexity index is 634. The Morgan fingerprint density at radius 2 is 2.10 bits per heavy atom. The smallest absolute Gasteiger partial charge is 0.269 e. The van der Waals surface area contributed by atoms with Crippen LogP contribution in [0.1, 0.15) is 17.4 Å². The van der Waals surface area contributed by atoms with Crippen molar-refractivity contribution in [3.05, 3.63) is 34.4 Å². The summed E-state index contributed by atoms with van der Waals surface area (Å²) in [5, 5.41) is 10.3. The van der Waals surface area contributed by atoms with E-state index in [0.29, 0.717) is 12.2 Å². The molecule has 5 heteroatoms. The van der Waals surface area contributed by atoms with Crippen LogP contribution in [-0.2, 0) is 6.54 Å². The first-order valence-corrected chi connectivity index (χ1v) is 7.34. The van der Waals surface area contributed by atoms with E-state index in [1.165, 1.54) is 0 Å². The lowest BCUT2D eigenvalue weighted by molar-refractivity contribution is 0.0815. The largest absolute Gasteiger partial charge is 0.396 e. The van der Waals surface area contributed by atoms with E-state index in [-0.39, 0.29) is 18.4 Å². The van der Waals surface area contributed by atoms with E-state index in [1.807, 2.05) is 35.8 Å². The Balaban J connectivity index is 2.60. The van der Waals surface area contributed by atoms with Crippen LogP contribution in [0.15, 0.2) is 28.7 Å². The second-order valence-corrected chi connectivity index (χ2v) is 6.25. The molecule has 1 atom stereocenters. The van der Waals surface area contributed by atoms with Gasteiger partial charge in [0.25, 0.3) is 5.91 Å². The molecule has 4 nitrogen and oxygen atoms in total. The molecular weight excluding hydrogens is 320 g/mol. The van der Waals surface area contributed by atoms with Gasteiger partial charge in [-0.2, -0.15) is 0 Å². The molecule has 1 aromatic heterocycles. The maximum Gasteiger partial charge on any atom is 0.269 e. The molecule has 0 saturated heterocycles. The van der Waals surface area contributed by atoms with Crippen molar-refractivity contribution in [2.75, 3.05) is 20.7 Å². The molecule has 0 aliphatic rings. The third-order valence-corrected chi connectivity index (χ3v) is 3.79. The zero-order valence-corrected chi connectivity index (χ0v) is 13.5. The molecule has 1 heterocycles. The lowest BCUT2D eigenvalue weighted by Crippen LogP contribution is -2.25. The molecule has 108 valence electrons. The highest BCUT2D eigenvalue weighted by Gasteiger charge is 2.18. The van der Waals surface area contributed by atoms with E-state index < -0.39 is 0 Å². The monoisotopic (exact) mass is 338 g/mol. The minimum atomic E-state index is -0.0255. The number of aromatic nitrogens is 1. The van der Waals surface area contributed by atoms with Crippen molar-refractivity contribution in [3.63, 3.8) is 0 Å². The summed E-state index contributed by atoms with van der Waals surface area (Å²) in [5.74, 6) is 0.0701. The molecule has 0 saturated carbocycles. The average molecular weight is 339 g/mol. The zero-order chi connectivity index (χ0) is 14.9. The highest BCUT2D eigenvalue weighted by molar-refractivity contribution is 9.10. The van der Waals surface area contributed by atoms with Crippen LogP contribution < -0.4 is 0 Å². The number of hydrogen-bond donors (Lipinski definition) is 1. The van der Waals surface area contributed by atoms with Gasteiger partial charge < -0.3 is 14.6 Å². The Hall–Kier alpha value is -1.33. The number of rotatable bonds is 4. The lowest BCUT2D eigenvalue weighted by Gasteiger charge is -2.16. The molecule has 2 rings (SSSR count). The molecule has 0 spiro atoms. The van der Waals surface area contributed by atoms with Crippen LogP contribution in [0.2, 0.25) is 0 Å². The van der Waals surface area contributed by atoms with Crippen LogP contribution in [0.25, 0.3) is 10.9 Å². The highest BCUT2D eigenvalue weighted by Crippen LogP contribution is 2.25. The van der Waals surface area contributed by atoms with E-state index in [9.17, 15) is 9.90 Å². The summed E-state index contributed by atoms with van der Waals surface area (Å²) >= 11 is 3.47. The fourth-order valence-corrected chi connectivity index (χ4v) is 2.55. The van der Waals surface area contributed by atoms with Crippen LogP contribution in [-0.4, -0.2) is 41.2 Å². The van der Waals surface area contributed by atoms with Gasteiger partial charge in [-0.15, -0.1) is 0 Å². The summed E-state index contributed by atoms with van der Waals surface area (Å²) in [5.41, 5.74) is 1.66. The van der Waals surface area contributed by atoms with Gasteiger partial charge in [-0.05, 0) is 24.1 Å². The minimum Gasteiger partial charge on any atom is -0.396 e. The quantitative estimate of drug-likeness (QED) is 0.931. The van der Waals surface area contributed by atoms with E-state index in [2.05, 4.69) is 15.9 Å². The molecular formula is C15H19BrN2O2. The third kappa shape index (κ3) is 2.88. The van der Waals surface area contributed by atoms with E-state index in [1.54, 1.807) is 19.0 Å². The van der Waals surface area contributed by atoms with Crippen LogP contribution in [0.3, 0.4) is 0 Å². The van der Waals surface area contributed by atoms with Gasteiger partial charge in [-0.3, -0.25) is 4.79 Å². The standard InChI is InChI=1S/C15H19BrN2O2/c1-10(9-19)8-18-13-7-12(16)5-4-11(13)6-14(18)15(20)17(2)3/h4-7,10,19H,8-9H2,1-3H3/t10-/m0/s1. The molecule has 1 aromatic carbocycles. The number of nitrogens with zero attached hydrogens (tertiary/aromatic N) is 2. The minimum absolute atomic E-state index is 0.0255. The first kappa shape index (κ1) is 15.1. The summed E-state index contributed by atoms with van der Waals surface area (Å²) in [4.78, 5) is 13.9. The number of amides is 1. The normalized spacial score (nSPS) is 12.7.